The quantitative estimate of drug-likeness (QED) is 0.546. The number of nitrogens with zero attached hydrogens (tertiary/aromatic N) is 2. The number of hydrogen-bond acceptors (Lipinski definition) is 3. The largest absolute Gasteiger partial charge is 0.379 e. The third-order valence-corrected chi connectivity index (χ3v) is 6.82. The fraction of sp³-hybridized carbons (Fsp3) is 1.00. The third kappa shape index (κ3) is 6.52. The minimum atomic E-state index is 0.560. The van der Waals surface area contributed by atoms with E-state index < -0.39 is 0 Å². The van der Waals surface area contributed by atoms with E-state index >= 15 is 0 Å². The number of hydrogen-bond donors (Lipinski definition) is 0. The van der Waals surface area contributed by atoms with Gasteiger partial charge in [0.15, 0.2) is 0 Å². The molecule has 0 aromatic rings. The smallest absolute Gasteiger partial charge is 0.0575 e. The minimum absolute atomic E-state index is 0.560. The first-order valence-electron chi connectivity index (χ1n) is 11.2. The second-order valence-electron chi connectivity index (χ2n) is 8.74. The molecule has 1 saturated carbocycles. The van der Waals surface area contributed by atoms with Crippen molar-refractivity contribution in [3.05, 3.63) is 0 Å². The van der Waals surface area contributed by atoms with E-state index in [2.05, 4.69) is 44.4 Å². The molecule has 0 bridgehead atoms. The number of ether oxygens (including phenoxy) is 1. The first kappa shape index (κ1) is 21.2. The van der Waals surface area contributed by atoms with Crippen molar-refractivity contribution in [2.45, 2.75) is 110 Å². The fourth-order valence-electron chi connectivity index (χ4n) is 5.01. The number of unbranched alkanes of at least 4 members (excludes halogenated alkanes) is 1. The average molecular weight is 353 g/mol. The van der Waals surface area contributed by atoms with Crippen molar-refractivity contribution in [3.63, 3.8) is 0 Å². The van der Waals surface area contributed by atoms with Crippen LogP contribution >= 0.6 is 0 Å². The predicted octanol–water partition coefficient (Wildman–Crippen LogP) is 4.95. The van der Waals surface area contributed by atoms with Crippen molar-refractivity contribution < 1.29 is 4.74 Å². The Morgan fingerprint density at radius 2 is 1.60 bits per heavy atom. The molecule has 1 aliphatic heterocycles. The standard InChI is InChI=1S/C22H44N2O/c1-6-18(3)23-16-19(4)24(20(5)17-23)15-9-8-10-21-11-13-22(14-12-21)25-7-2/h18-22H,6-17H2,1-5H3. The molecule has 3 heteroatoms. The number of rotatable bonds is 9. The van der Waals surface area contributed by atoms with E-state index in [0.717, 1.165) is 18.6 Å². The van der Waals surface area contributed by atoms with Crippen molar-refractivity contribution in [1.29, 1.82) is 0 Å². The van der Waals surface area contributed by atoms with E-state index in [4.69, 9.17) is 4.74 Å². The molecule has 1 saturated heterocycles. The molecule has 0 aromatic heterocycles. The van der Waals surface area contributed by atoms with Crippen molar-refractivity contribution in [1.82, 2.24) is 9.80 Å². The summed E-state index contributed by atoms with van der Waals surface area (Å²) >= 11 is 0. The van der Waals surface area contributed by atoms with Gasteiger partial charge in [0.25, 0.3) is 0 Å². The van der Waals surface area contributed by atoms with Gasteiger partial charge in [0, 0.05) is 37.8 Å². The molecule has 0 N–H and O–H groups in total. The first-order valence-corrected chi connectivity index (χ1v) is 11.2. The van der Waals surface area contributed by atoms with E-state index in [1.165, 1.54) is 71.0 Å². The van der Waals surface area contributed by atoms with E-state index in [-0.39, 0.29) is 0 Å². The summed E-state index contributed by atoms with van der Waals surface area (Å²) in [5.74, 6) is 0.966. The minimum Gasteiger partial charge on any atom is -0.379 e. The predicted molar refractivity (Wildman–Crippen MR) is 108 cm³/mol. The van der Waals surface area contributed by atoms with Gasteiger partial charge in [-0.25, -0.2) is 0 Å². The highest BCUT2D eigenvalue weighted by molar-refractivity contribution is 4.86. The highest BCUT2D eigenvalue weighted by Gasteiger charge is 2.30. The van der Waals surface area contributed by atoms with Gasteiger partial charge in [-0.05, 0) is 78.7 Å². The van der Waals surface area contributed by atoms with Gasteiger partial charge < -0.3 is 4.74 Å². The molecule has 2 fully saturated rings. The summed E-state index contributed by atoms with van der Waals surface area (Å²) in [4.78, 5) is 5.47. The Morgan fingerprint density at radius 1 is 0.960 bits per heavy atom. The van der Waals surface area contributed by atoms with Gasteiger partial charge in [-0.15, -0.1) is 0 Å². The first-order chi connectivity index (χ1) is 12.0. The lowest BCUT2D eigenvalue weighted by Gasteiger charge is -2.46. The van der Waals surface area contributed by atoms with Crippen LogP contribution in [0.5, 0.6) is 0 Å². The molecule has 0 radical (unpaired) electrons. The molecular formula is C22H44N2O. The lowest BCUT2D eigenvalue weighted by atomic mass is 9.84. The van der Waals surface area contributed by atoms with Crippen LogP contribution in [0.4, 0.5) is 0 Å². The summed E-state index contributed by atoms with van der Waals surface area (Å²) in [6, 6.07) is 2.15. The van der Waals surface area contributed by atoms with E-state index in [9.17, 15) is 0 Å². The Kier molecular flexibility index (Phi) is 9.23. The molecule has 3 atom stereocenters. The van der Waals surface area contributed by atoms with Crippen molar-refractivity contribution in [2.24, 2.45) is 5.92 Å². The maximum absolute atomic E-state index is 5.78. The highest BCUT2D eigenvalue weighted by Crippen LogP contribution is 2.30. The average Bonchev–Trinajstić information content (AvgIpc) is 2.61. The maximum atomic E-state index is 5.78. The van der Waals surface area contributed by atoms with E-state index in [1.807, 2.05) is 0 Å². The van der Waals surface area contributed by atoms with Gasteiger partial charge in [-0.3, -0.25) is 9.80 Å². The summed E-state index contributed by atoms with van der Waals surface area (Å²) in [5.41, 5.74) is 0. The van der Waals surface area contributed by atoms with Crippen LogP contribution in [0.1, 0.15) is 86.0 Å². The second kappa shape index (κ2) is 10.9. The van der Waals surface area contributed by atoms with Gasteiger partial charge in [-0.2, -0.15) is 0 Å². The molecule has 2 rings (SSSR count). The summed E-state index contributed by atoms with van der Waals surface area (Å²) in [5, 5.41) is 0. The van der Waals surface area contributed by atoms with Gasteiger partial charge in [0.1, 0.15) is 0 Å². The maximum Gasteiger partial charge on any atom is 0.0575 e. The van der Waals surface area contributed by atoms with Crippen molar-refractivity contribution in [2.75, 3.05) is 26.2 Å². The molecule has 1 heterocycles. The molecule has 148 valence electrons. The fourth-order valence-corrected chi connectivity index (χ4v) is 5.01. The molecule has 3 nitrogen and oxygen atoms in total. The van der Waals surface area contributed by atoms with Gasteiger partial charge in [0.05, 0.1) is 6.10 Å². The molecule has 0 spiro atoms. The molecule has 3 unspecified atom stereocenters. The van der Waals surface area contributed by atoms with Crippen LogP contribution in [-0.2, 0) is 4.74 Å². The lowest BCUT2D eigenvalue weighted by molar-refractivity contribution is 0.0165. The molecule has 25 heavy (non-hydrogen) atoms. The zero-order chi connectivity index (χ0) is 18.2. The summed E-state index contributed by atoms with van der Waals surface area (Å²) in [6.45, 7) is 16.4. The molecular weight excluding hydrogens is 308 g/mol. The molecule has 2 aliphatic rings. The Morgan fingerprint density at radius 3 is 2.16 bits per heavy atom. The van der Waals surface area contributed by atoms with Crippen LogP contribution in [-0.4, -0.2) is 60.3 Å². The summed E-state index contributed by atoms with van der Waals surface area (Å²) < 4.78 is 5.78. The monoisotopic (exact) mass is 352 g/mol. The van der Waals surface area contributed by atoms with Crippen LogP contribution < -0.4 is 0 Å². The van der Waals surface area contributed by atoms with Gasteiger partial charge in [-0.1, -0.05) is 19.8 Å². The second-order valence-corrected chi connectivity index (χ2v) is 8.74. The lowest BCUT2D eigenvalue weighted by Crippen LogP contribution is -2.58. The van der Waals surface area contributed by atoms with E-state index in [1.54, 1.807) is 0 Å². The topological polar surface area (TPSA) is 15.7 Å². The van der Waals surface area contributed by atoms with Crippen LogP contribution in [0.25, 0.3) is 0 Å². The molecule has 0 amide bonds. The van der Waals surface area contributed by atoms with Crippen LogP contribution in [0.3, 0.4) is 0 Å². The Labute approximate surface area is 157 Å². The Balaban J connectivity index is 1.62. The van der Waals surface area contributed by atoms with Gasteiger partial charge >= 0.3 is 0 Å². The summed E-state index contributed by atoms with van der Waals surface area (Å²) in [6.07, 6.45) is 11.4. The molecule has 1 aliphatic carbocycles. The summed E-state index contributed by atoms with van der Waals surface area (Å²) in [7, 11) is 0. The Hall–Kier alpha value is -0.120. The molecule has 0 aromatic carbocycles. The number of piperazine rings is 1. The zero-order valence-corrected chi connectivity index (χ0v) is 17.7. The highest BCUT2D eigenvalue weighted by atomic mass is 16.5. The zero-order valence-electron chi connectivity index (χ0n) is 17.7. The third-order valence-electron chi connectivity index (χ3n) is 6.82. The Bertz CT molecular complexity index is 342. The van der Waals surface area contributed by atoms with Crippen LogP contribution in [0.15, 0.2) is 0 Å². The van der Waals surface area contributed by atoms with Crippen molar-refractivity contribution in [3.8, 4) is 0 Å². The van der Waals surface area contributed by atoms with Crippen LogP contribution in [0, 0.1) is 5.92 Å². The van der Waals surface area contributed by atoms with E-state index in [0.29, 0.717) is 18.2 Å². The SMILES string of the molecule is CCOC1CCC(CCCCN2C(C)CN(C(C)CC)CC2C)CC1. The van der Waals surface area contributed by atoms with Crippen LogP contribution in [0.2, 0.25) is 0 Å². The normalized spacial score (nSPS) is 33.5. The van der Waals surface area contributed by atoms with Gasteiger partial charge in [0.2, 0.25) is 0 Å². The van der Waals surface area contributed by atoms with Crippen molar-refractivity contribution >= 4 is 0 Å².